The molecule has 1 aromatic heterocycles. The van der Waals surface area contributed by atoms with E-state index < -0.39 is 0 Å². The first-order chi connectivity index (χ1) is 14.1. The lowest BCUT2D eigenvalue weighted by molar-refractivity contribution is 0.0746. The molecule has 1 aliphatic rings. The van der Waals surface area contributed by atoms with E-state index in [1.165, 1.54) is 5.69 Å². The number of aryl methyl sites for hydroxylation is 1. The molecule has 4 rings (SSSR count). The van der Waals surface area contributed by atoms with Crippen LogP contribution in [0.15, 0.2) is 54.6 Å². The molecule has 0 bridgehead atoms. The number of benzene rings is 2. The van der Waals surface area contributed by atoms with Crippen LogP contribution < -0.4 is 9.64 Å². The summed E-state index contributed by atoms with van der Waals surface area (Å²) in [6.07, 6.45) is 0. The Hall–Kier alpha value is -3.28. The van der Waals surface area contributed by atoms with Gasteiger partial charge in [-0.3, -0.25) is 4.79 Å². The van der Waals surface area contributed by atoms with Crippen molar-refractivity contribution in [2.24, 2.45) is 0 Å². The number of anilines is 1. The number of hydrogen-bond donors (Lipinski definition) is 0. The maximum atomic E-state index is 12.8. The van der Waals surface area contributed by atoms with Crippen LogP contribution in [0.3, 0.4) is 0 Å². The lowest BCUT2D eigenvalue weighted by Gasteiger charge is -2.36. The first kappa shape index (κ1) is 19.1. The molecule has 6 heteroatoms. The highest BCUT2D eigenvalue weighted by atomic mass is 16.5. The predicted octanol–water partition coefficient (Wildman–Crippen LogP) is 3.46. The Kier molecular flexibility index (Phi) is 5.25. The standard InChI is InChI=1S/C23H26N4O2/c1-17-22(18(2)27(24-17)20-7-5-4-6-8-20)25-13-15-26(16-14-25)23(28)19-9-11-21(29-3)12-10-19/h4-12H,13-16H2,1-3H3. The van der Waals surface area contributed by atoms with Gasteiger partial charge in [0.05, 0.1) is 29.9 Å². The van der Waals surface area contributed by atoms with Gasteiger partial charge in [0.25, 0.3) is 5.91 Å². The average molecular weight is 390 g/mol. The van der Waals surface area contributed by atoms with Gasteiger partial charge in [0.2, 0.25) is 0 Å². The number of aromatic nitrogens is 2. The van der Waals surface area contributed by atoms with Crippen LogP contribution in [-0.4, -0.2) is 53.9 Å². The minimum absolute atomic E-state index is 0.0701. The fourth-order valence-electron chi connectivity index (χ4n) is 3.96. The Labute approximate surface area is 171 Å². The molecule has 1 amide bonds. The van der Waals surface area contributed by atoms with E-state index in [0.717, 1.165) is 35.9 Å². The number of rotatable bonds is 4. The van der Waals surface area contributed by atoms with Crippen molar-refractivity contribution in [2.75, 3.05) is 38.2 Å². The summed E-state index contributed by atoms with van der Waals surface area (Å²) in [5, 5.41) is 4.76. The van der Waals surface area contributed by atoms with E-state index in [0.29, 0.717) is 18.7 Å². The molecule has 29 heavy (non-hydrogen) atoms. The summed E-state index contributed by atoms with van der Waals surface area (Å²) in [5.41, 5.74) is 5.08. The summed E-state index contributed by atoms with van der Waals surface area (Å²) in [4.78, 5) is 17.1. The van der Waals surface area contributed by atoms with Crippen molar-refractivity contribution in [1.29, 1.82) is 0 Å². The number of hydrogen-bond acceptors (Lipinski definition) is 4. The minimum Gasteiger partial charge on any atom is -0.497 e. The van der Waals surface area contributed by atoms with Gasteiger partial charge >= 0.3 is 0 Å². The normalized spacial score (nSPS) is 14.2. The Morgan fingerprint density at radius 3 is 2.21 bits per heavy atom. The van der Waals surface area contributed by atoms with Gasteiger partial charge in [-0.05, 0) is 50.2 Å². The van der Waals surface area contributed by atoms with Crippen LogP contribution in [0.5, 0.6) is 5.75 Å². The molecule has 0 saturated carbocycles. The number of carbonyl (C=O) groups is 1. The predicted molar refractivity (Wildman–Crippen MR) is 114 cm³/mol. The Morgan fingerprint density at radius 1 is 0.931 bits per heavy atom. The molecule has 0 atom stereocenters. The van der Waals surface area contributed by atoms with Gasteiger partial charge in [0.15, 0.2) is 0 Å². The molecule has 6 nitrogen and oxygen atoms in total. The topological polar surface area (TPSA) is 50.6 Å². The molecule has 0 N–H and O–H groups in total. The van der Waals surface area contributed by atoms with Crippen LogP contribution >= 0.6 is 0 Å². The fourth-order valence-corrected chi connectivity index (χ4v) is 3.96. The Bertz CT molecular complexity index is 988. The molecule has 0 spiro atoms. The zero-order chi connectivity index (χ0) is 20.4. The van der Waals surface area contributed by atoms with Crippen LogP contribution in [0, 0.1) is 13.8 Å². The highest BCUT2D eigenvalue weighted by molar-refractivity contribution is 5.94. The van der Waals surface area contributed by atoms with E-state index in [1.807, 2.05) is 52.0 Å². The molecule has 0 unspecified atom stereocenters. The number of methoxy groups -OCH3 is 1. The third kappa shape index (κ3) is 3.70. The molecule has 1 fully saturated rings. The van der Waals surface area contributed by atoms with Crippen LogP contribution in [0.25, 0.3) is 5.69 Å². The average Bonchev–Trinajstić information content (AvgIpc) is 3.08. The second-order valence-corrected chi connectivity index (χ2v) is 7.27. The number of carbonyl (C=O) groups excluding carboxylic acids is 1. The van der Waals surface area contributed by atoms with E-state index in [2.05, 4.69) is 30.9 Å². The third-order valence-corrected chi connectivity index (χ3v) is 5.47. The maximum Gasteiger partial charge on any atom is 0.253 e. The molecule has 3 aromatic rings. The summed E-state index contributed by atoms with van der Waals surface area (Å²) in [7, 11) is 1.62. The molecular formula is C23H26N4O2. The molecule has 1 aliphatic heterocycles. The monoisotopic (exact) mass is 390 g/mol. The van der Waals surface area contributed by atoms with Crippen LogP contribution in [0.4, 0.5) is 5.69 Å². The first-order valence-electron chi connectivity index (χ1n) is 9.88. The lowest BCUT2D eigenvalue weighted by Crippen LogP contribution is -2.49. The van der Waals surface area contributed by atoms with Gasteiger partial charge in [0, 0.05) is 31.7 Å². The second kappa shape index (κ2) is 7.99. The van der Waals surface area contributed by atoms with E-state index in [1.54, 1.807) is 7.11 Å². The zero-order valence-electron chi connectivity index (χ0n) is 17.1. The fraction of sp³-hybridized carbons (Fsp3) is 0.304. The van der Waals surface area contributed by atoms with Gasteiger partial charge in [0.1, 0.15) is 5.75 Å². The van der Waals surface area contributed by atoms with Crippen molar-refractivity contribution in [2.45, 2.75) is 13.8 Å². The van der Waals surface area contributed by atoms with E-state index in [9.17, 15) is 4.79 Å². The summed E-state index contributed by atoms with van der Waals surface area (Å²) in [5.74, 6) is 0.827. The van der Waals surface area contributed by atoms with Gasteiger partial charge in [-0.25, -0.2) is 4.68 Å². The zero-order valence-corrected chi connectivity index (χ0v) is 17.1. The van der Waals surface area contributed by atoms with Crippen molar-refractivity contribution in [1.82, 2.24) is 14.7 Å². The molecule has 2 heterocycles. The van der Waals surface area contributed by atoms with Crippen molar-refractivity contribution < 1.29 is 9.53 Å². The second-order valence-electron chi connectivity index (χ2n) is 7.27. The Morgan fingerprint density at radius 2 is 1.59 bits per heavy atom. The van der Waals surface area contributed by atoms with E-state index >= 15 is 0 Å². The first-order valence-corrected chi connectivity index (χ1v) is 9.88. The molecule has 0 aliphatic carbocycles. The van der Waals surface area contributed by atoms with Crippen molar-refractivity contribution in [3.8, 4) is 11.4 Å². The van der Waals surface area contributed by atoms with E-state index in [4.69, 9.17) is 9.84 Å². The molecule has 1 saturated heterocycles. The number of para-hydroxylation sites is 1. The summed E-state index contributed by atoms with van der Waals surface area (Å²) < 4.78 is 7.17. The smallest absolute Gasteiger partial charge is 0.253 e. The molecule has 150 valence electrons. The molecule has 2 aromatic carbocycles. The van der Waals surface area contributed by atoms with Gasteiger partial charge in [-0.1, -0.05) is 18.2 Å². The number of ether oxygens (including phenoxy) is 1. The number of nitrogens with zero attached hydrogens (tertiary/aromatic N) is 4. The SMILES string of the molecule is COc1ccc(C(=O)N2CCN(c3c(C)nn(-c4ccccc4)c3C)CC2)cc1. The van der Waals surface area contributed by atoms with Crippen molar-refractivity contribution in [3.05, 3.63) is 71.5 Å². The number of amides is 1. The highest BCUT2D eigenvalue weighted by Crippen LogP contribution is 2.28. The van der Waals surface area contributed by atoms with E-state index in [-0.39, 0.29) is 5.91 Å². The summed E-state index contributed by atoms with van der Waals surface area (Å²) >= 11 is 0. The third-order valence-electron chi connectivity index (χ3n) is 5.47. The van der Waals surface area contributed by atoms with Crippen molar-refractivity contribution in [3.63, 3.8) is 0 Å². The van der Waals surface area contributed by atoms with Gasteiger partial charge in [-0.2, -0.15) is 5.10 Å². The summed E-state index contributed by atoms with van der Waals surface area (Å²) in [6, 6.07) is 17.5. The largest absolute Gasteiger partial charge is 0.497 e. The Balaban J connectivity index is 1.47. The van der Waals surface area contributed by atoms with Crippen LogP contribution in [0.1, 0.15) is 21.7 Å². The van der Waals surface area contributed by atoms with Gasteiger partial charge in [-0.15, -0.1) is 0 Å². The quantitative estimate of drug-likeness (QED) is 0.685. The number of piperazine rings is 1. The minimum atomic E-state index is 0.0701. The highest BCUT2D eigenvalue weighted by Gasteiger charge is 2.26. The maximum absolute atomic E-state index is 12.8. The van der Waals surface area contributed by atoms with Crippen LogP contribution in [-0.2, 0) is 0 Å². The summed E-state index contributed by atoms with van der Waals surface area (Å²) in [6.45, 7) is 7.14. The molecule has 0 radical (unpaired) electrons. The molecular weight excluding hydrogens is 364 g/mol. The van der Waals surface area contributed by atoms with Crippen molar-refractivity contribution >= 4 is 11.6 Å². The van der Waals surface area contributed by atoms with Gasteiger partial charge < -0.3 is 14.5 Å². The van der Waals surface area contributed by atoms with Crippen LogP contribution in [0.2, 0.25) is 0 Å². The lowest BCUT2D eigenvalue weighted by atomic mass is 10.1.